The zero-order valence-corrected chi connectivity index (χ0v) is 17.4. The lowest BCUT2D eigenvalue weighted by Gasteiger charge is -2.39. The van der Waals surface area contributed by atoms with E-state index in [9.17, 15) is 13.2 Å². The van der Waals surface area contributed by atoms with Crippen molar-refractivity contribution in [2.24, 2.45) is 5.92 Å². The van der Waals surface area contributed by atoms with Crippen LogP contribution >= 0.6 is 0 Å². The molecule has 150 valence electrons. The van der Waals surface area contributed by atoms with Crippen LogP contribution in [0, 0.1) is 12.8 Å². The Hall–Kier alpha value is -1.44. The second-order valence-electron chi connectivity index (χ2n) is 7.95. The SMILES string of the molecule is Cc1ccc(S(=O)(=O)N2CCC(C(=O)N3CCN(C(C)C)CC3)CC2)cc1. The Labute approximate surface area is 163 Å². The molecule has 2 fully saturated rings. The van der Waals surface area contributed by atoms with Crippen molar-refractivity contribution in [1.29, 1.82) is 0 Å². The average Bonchev–Trinajstić information content (AvgIpc) is 2.68. The van der Waals surface area contributed by atoms with Gasteiger partial charge in [0.25, 0.3) is 0 Å². The summed E-state index contributed by atoms with van der Waals surface area (Å²) in [5, 5.41) is 0. The van der Waals surface area contributed by atoms with Crippen molar-refractivity contribution in [3.63, 3.8) is 0 Å². The summed E-state index contributed by atoms with van der Waals surface area (Å²) in [5.74, 6) is 0.144. The van der Waals surface area contributed by atoms with Gasteiger partial charge in [-0.25, -0.2) is 8.42 Å². The lowest BCUT2D eigenvalue weighted by Crippen LogP contribution is -2.53. The molecule has 6 nitrogen and oxygen atoms in total. The van der Waals surface area contributed by atoms with Crippen LogP contribution < -0.4 is 0 Å². The Morgan fingerprint density at radius 2 is 1.52 bits per heavy atom. The highest BCUT2D eigenvalue weighted by molar-refractivity contribution is 7.89. The van der Waals surface area contributed by atoms with Gasteiger partial charge in [-0.05, 0) is 45.7 Å². The lowest BCUT2D eigenvalue weighted by molar-refractivity contribution is -0.138. The quantitative estimate of drug-likeness (QED) is 0.784. The number of aryl methyl sites for hydroxylation is 1. The number of piperazine rings is 1. The van der Waals surface area contributed by atoms with E-state index in [0.717, 1.165) is 31.7 Å². The Morgan fingerprint density at radius 3 is 2.04 bits per heavy atom. The fourth-order valence-electron chi connectivity index (χ4n) is 3.92. The van der Waals surface area contributed by atoms with Crippen molar-refractivity contribution in [2.75, 3.05) is 39.3 Å². The molecule has 0 spiro atoms. The molecule has 7 heteroatoms. The summed E-state index contributed by atoms with van der Waals surface area (Å²) < 4.78 is 27.1. The van der Waals surface area contributed by atoms with E-state index in [1.165, 1.54) is 4.31 Å². The number of amides is 1. The number of piperidine rings is 1. The molecule has 2 heterocycles. The van der Waals surface area contributed by atoms with Crippen molar-refractivity contribution in [2.45, 2.75) is 44.6 Å². The molecule has 0 saturated carbocycles. The molecule has 0 radical (unpaired) electrons. The molecule has 2 aliphatic heterocycles. The third-order valence-electron chi connectivity index (χ3n) is 5.82. The van der Waals surface area contributed by atoms with E-state index < -0.39 is 10.0 Å². The van der Waals surface area contributed by atoms with Gasteiger partial charge in [0.05, 0.1) is 4.90 Å². The summed E-state index contributed by atoms with van der Waals surface area (Å²) in [7, 11) is -3.47. The van der Waals surface area contributed by atoms with Crippen molar-refractivity contribution in [1.82, 2.24) is 14.1 Å². The van der Waals surface area contributed by atoms with Gasteiger partial charge in [-0.1, -0.05) is 17.7 Å². The van der Waals surface area contributed by atoms with Gasteiger partial charge in [-0.2, -0.15) is 4.31 Å². The van der Waals surface area contributed by atoms with Gasteiger partial charge in [0.15, 0.2) is 0 Å². The van der Waals surface area contributed by atoms with E-state index in [-0.39, 0.29) is 11.8 Å². The average molecular weight is 394 g/mol. The summed E-state index contributed by atoms with van der Waals surface area (Å²) >= 11 is 0. The number of hydrogen-bond acceptors (Lipinski definition) is 4. The van der Waals surface area contributed by atoms with Crippen LogP contribution in [0.5, 0.6) is 0 Å². The van der Waals surface area contributed by atoms with Crippen LogP contribution in [0.1, 0.15) is 32.3 Å². The zero-order chi connectivity index (χ0) is 19.6. The van der Waals surface area contributed by atoms with Crippen molar-refractivity contribution >= 4 is 15.9 Å². The van der Waals surface area contributed by atoms with Crippen molar-refractivity contribution < 1.29 is 13.2 Å². The fourth-order valence-corrected chi connectivity index (χ4v) is 5.39. The van der Waals surface area contributed by atoms with Crippen LogP contribution in [-0.4, -0.2) is 73.7 Å². The summed E-state index contributed by atoms with van der Waals surface area (Å²) in [6.45, 7) is 10.5. The first-order valence-electron chi connectivity index (χ1n) is 9.88. The molecule has 2 aliphatic rings. The summed E-state index contributed by atoms with van der Waals surface area (Å²) in [5.41, 5.74) is 1.04. The Kier molecular flexibility index (Phi) is 6.23. The van der Waals surface area contributed by atoms with Crippen molar-refractivity contribution in [3.05, 3.63) is 29.8 Å². The van der Waals surface area contributed by atoms with E-state index in [1.54, 1.807) is 12.1 Å². The minimum absolute atomic E-state index is 0.0555. The molecule has 1 aromatic rings. The second-order valence-corrected chi connectivity index (χ2v) is 9.88. The van der Waals surface area contributed by atoms with Gasteiger partial charge in [-0.3, -0.25) is 9.69 Å². The smallest absolute Gasteiger partial charge is 0.243 e. The Morgan fingerprint density at radius 1 is 0.963 bits per heavy atom. The summed E-state index contributed by atoms with van der Waals surface area (Å²) in [6, 6.07) is 7.48. The van der Waals surface area contributed by atoms with Crippen LogP contribution in [0.2, 0.25) is 0 Å². The molecule has 0 aliphatic carbocycles. The number of sulfonamides is 1. The molecule has 1 amide bonds. The Balaban J connectivity index is 1.55. The van der Waals surface area contributed by atoms with Gasteiger partial charge in [0.1, 0.15) is 0 Å². The number of carbonyl (C=O) groups excluding carboxylic acids is 1. The van der Waals surface area contributed by atoms with Gasteiger partial charge < -0.3 is 4.90 Å². The van der Waals surface area contributed by atoms with Crippen LogP contribution in [0.4, 0.5) is 0 Å². The minimum atomic E-state index is -3.47. The molecule has 1 aromatic carbocycles. The van der Waals surface area contributed by atoms with E-state index in [1.807, 2.05) is 24.0 Å². The van der Waals surface area contributed by atoms with Gasteiger partial charge in [0.2, 0.25) is 15.9 Å². The zero-order valence-electron chi connectivity index (χ0n) is 16.6. The van der Waals surface area contributed by atoms with Crippen LogP contribution in [-0.2, 0) is 14.8 Å². The van der Waals surface area contributed by atoms with E-state index >= 15 is 0 Å². The highest BCUT2D eigenvalue weighted by atomic mass is 32.2. The number of carbonyl (C=O) groups is 1. The molecular weight excluding hydrogens is 362 g/mol. The molecule has 2 saturated heterocycles. The molecule has 0 bridgehead atoms. The second kappa shape index (κ2) is 8.29. The maximum atomic E-state index is 12.8. The molecule has 0 unspecified atom stereocenters. The standard InChI is InChI=1S/C20H31N3O3S/c1-16(2)21-12-14-22(15-13-21)20(24)18-8-10-23(11-9-18)27(25,26)19-6-4-17(3)5-7-19/h4-7,16,18H,8-15H2,1-3H3. The van der Waals surface area contributed by atoms with Gasteiger partial charge in [-0.15, -0.1) is 0 Å². The molecule has 27 heavy (non-hydrogen) atoms. The van der Waals surface area contributed by atoms with Gasteiger partial charge >= 0.3 is 0 Å². The molecule has 0 atom stereocenters. The van der Waals surface area contributed by atoms with E-state index in [2.05, 4.69) is 18.7 Å². The molecule has 0 aromatic heterocycles. The molecular formula is C20H31N3O3S. The number of hydrogen-bond donors (Lipinski definition) is 0. The third-order valence-corrected chi connectivity index (χ3v) is 7.73. The first-order valence-corrected chi connectivity index (χ1v) is 11.3. The lowest BCUT2D eigenvalue weighted by atomic mass is 9.96. The normalized spacial score (nSPS) is 21.0. The molecule has 0 N–H and O–H groups in total. The molecule has 3 rings (SSSR count). The maximum absolute atomic E-state index is 12.8. The van der Waals surface area contributed by atoms with Crippen LogP contribution in [0.3, 0.4) is 0 Å². The summed E-state index contributed by atoms with van der Waals surface area (Å²) in [4.78, 5) is 17.5. The largest absolute Gasteiger partial charge is 0.340 e. The number of nitrogens with zero attached hydrogens (tertiary/aromatic N) is 3. The minimum Gasteiger partial charge on any atom is -0.340 e. The topological polar surface area (TPSA) is 60.9 Å². The van der Waals surface area contributed by atoms with Crippen LogP contribution in [0.15, 0.2) is 29.2 Å². The highest BCUT2D eigenvalue weighted by Crippen LogP contribution is 2.25. The fraction of sp³-hybridized carbons (Fsp3) is 0.650. The predicted octanol–water partition coefficient (Wildman–Crippen LogP) is 1.95. The van der Waals surface area contributed by atoms with E-state index in [0.29, 0.717) is 36.9 Å². The third kappa shape index (κ3) is 4.52. The maximum Gasteiger partial charge on any atom is 0.243 e. The monoisotopic (exact) mass is 393 g/mol. The first kappa shape index (κ1) is 20.3. The van der Waals surface area contributed by atoms with Gasteiger partial charge in [0, 0.05) is 51.2 Å². The van der Waals surface area contributed by atoms with E-state index in [4.69, 9.17) is 0 Å². The number of benzene rings is 1. The summed E-state index contributed by atoms with van der Waals surface area (Å²) in [6.07, 6.45) is 1.21. The van der Waals surface area contributed by atoms with Crippen LogP contribution in [0.25, 0.3) is 0 Å². The first-order chi connectivity index (χ1) is 12.8. The highest BCUT2D eigenvalue weighted by Gasteiger charge is 2.34. The number of rotatable bonds is 4. The Bertz CT molecular complexity index is 745. The van der Waals surface area contributed by atoms with Crippen molar-refractivity contribution in [3.8, 4) is 0 Å². The predicted molar refractivity (Wildman–Crippen MR) is 106 cm³/mol.